The van der Waals surface area contributed by atoms with Gasteiger partial charge in [0.1, 0.15) is 11.5 Å². The highest BCUT2D eigenvalue weighted by molar-refractivity contribution is 6.32. The van der Waals surface area contributed by atoms with E-state index in [1.54, 1.807) is 18.2 Å². The van der Waals surface area contributed by atoms with Crippen molar-refractivity contribution >= 4 is 17.4 Å². The molecule has 0 aromatic heterocycles. The molecule has 0 aliphatic rings. The molecule has 0 unspecified atom stereocenters. The van der Waals surface area contributed by atoms with Gasteiger partial charge in [-0.25, -0.2) is 0 Å². The third-order valence-corrected chi connectivity index (χ3v) is 3.05. The zero-order valence-electron chi connectivity index (χ0n) is 11.2. The molecular formula is C15H15ClN2O2. The molecule has 0 heterocycles. The average molecular weight is 291 g/mol. The molecule has 0 radical (unpaired) electrons. The first-order chi connectivity index (χ1) is 9.49. The Kier molecular flexibility index (Phi) is 4.15. The molecule has 20 heavy (non-hydrogen) atoms. The largest absolute Gasteiger partial charge is 0.456 e. The minimum absolute atomic E-state index is 0.00449. The molecule has 2 aromatic carbocycles. The van der Waals surface area contributed by atoms with Gasteiger partial charge < -0.3 is 15.7 Å². The van der Waals surface area contributed by atoms with Crippen molar-refractivity contribution in [1.82, 2.24) is 0 Å². The van der Waals surface area contributed by atoms with Crippen LogP contribution < -0.4 is 10.5 Å². The third-order valence-electron chi connectivity index (χ3n) is 2.76. The smallest absolute Gasteiger partial charge is 0.170 e. The number of benzene rings is 2. The average Bonchev–Trinajstić information content (AvgIpc) is 2.39. The Balaban J connectivity index is 2.30. The standard InChI is InChI=1S/C15H15ClN2O2/c1-9-5-10(2)7-12(6-9)20-14-4-3-11(8-13(14)16)15(17)18-19/h3-8,19H,1-2H3,(H2,17,18). The van der Waals surface area contributed by atoms with E-state index >= 15 is 0 Å². The maximum Gasteiger partial charge on any atom is 0.170 e. The van der Waals surface area contributed by atoms with Gasteiger partial charge in [0, 0.05) is 5.56 Å². The number of oxime groups is 1. The van der Waals surface area contributed by atoms with Crippen LogP contribution >= 0.6 is 11.6 Å². The number of nitrogens with zero attached hydrogens (tertiary/aromatic N) is 1. The van der Waals surface area contributed by atoms with Gasteiger partial charge in [-0.2, -0.15) is 0 Å². The topological polar surface area (TPSA) is 67.8 Å². The fourth-order valence-electron chi connectivity index (χ4n) is 1.92. The fraction of sp³-hybridized carbons (Fsp3) is 0.133. The van der Waals surface area contributed by atoms with Crippen molar-refractivity contribution in [2.75, 3.05) is 0 Å². The Morgan fingerprint density at radius 3 is 2.35 bits per heavy atom. The summed E-state index contributed by atoms with van der Waals surface area (Å²) < 4.78 is 5.76. The van der Waals surface area contributed by atoms with Crippen molar-refractivity contribution < 1.29 is 9.94 Å². The van der Waals surface area contributed by atoms with Crippen LogP contribution in [0.3, 0.4) is 0 Å². The van der Waals surface area contributed by atoms with Crippen molar-refractivity contribution in [2.45, 2.75) is 13.8 Å². The lowest BCUT2D eigenvalue weighted by Gasteiger charge is -2.10. The number of halogens is 1. The van der Waals surface area contributed by atoms with Gasteiger partial charge in [-0.15, -0.1) is 0 Å². The van der Waals surface area contributed by atoms with Crippen LogP contribution in [0.2, 0.25) is 5.02 Å². The van der Waals surface area contributed by atoms with E-state index in [0.29, 0.717) is 16.3 Å². The number of aryl methyl sites for hydroxylation is 2. The summed E-state index contributed by atoms with van der Waals surface area (Å²) in [6.45, 7) is 4.01. The summed E-state index contributed by atoms with van der Waals surface area (Å²) >= 11 is 6.14. The first-order valence-corrected chi connectivity index (χ1v) is 6.41. The van der Waals surface area contributed by atoms with Crippen LogP contribution in [-0.4, -0.2) is 11.0 Å². The molecule has 0 fully saturated rings. The summed E-state index contributed by atoms with van der Waals surface area (Å²) in [4.78, 5) is 0. The molecule has 2 aromatic rings. The monoisotopic (exact) mass is 290 g/mol. The lowest BCUT2D eigenvalue weighted by Crippen LogP contribution is -2.12. The molecule has 0 amide bonds. The SMILES string of the molecule is Cc1cc(C)cc(Oc2ccc(C(N)=NO)cc2Cl)c1. The van der Waals surface area contributed by atoms with E-state index in [1.165, 1.54) is 0 Å². The van der Waals surface area contributed by atoms with Gasteiger partial charge in [0.15, 0.2) is 5.84 Å². The summed E-state index contributed by atoms with van der Waals surface area (Å²) in [7, 11) is 0. The fourth-order valence-corrected chi connectivity index (χ4v) is 2.14. The van der Waals surface area contributed by atoms with E-state index < -0.39 is 0 Å². The van der Waals surface area contributed by atoms with Crippen LogP contribution in [0.4, 0.5) is 0 Å². The quantitative estimate of drug-likeness (QED) is 0.390. The molecule has 0 aliphatic heterocycles. The van der Waals surface area contributed by atoms with E-state index in [2.05, 4.69) is 11.2 Å². The van der Waals surface area contributed by atoms with E-state index in [1.807, 2.05) is 26.0 Å². The van der Waals surface area contributed by atoms with Crippen molar-refractivity contribution in [2.24, 2.45) is 10.9 Å². The minimum Gasteiger partial charge on any atom is -0.456 e. The molecular weight excluding hydrogens is 276 g/mol. The van der Waals surface area contributed by atoms with Gasteiger partial charge in [0.05, 0.1) is 5.02 Å². The van der Waals surface area contributed by atoms with Crippen molar-refractivity contribution in [1.29, 1.82) is 0 Å². The van der Waals surface area contributed by atoms with Crippen LogP contribution in [0.25, 0.3) is 0 Å². The van der Waals surface area contributed by atoms with Crippen LogP contribution in [0.5, 0.6) is 11.5 Å². The summed E-state index contributed by atoms with van der Waals surface area (Å²) in [5, 5.41) is 12.0. The number of hydrogen-bond donors (Lipinski definition) is 2. The molecule has 0 atom stereocenters. The summed E-state index contributed by atoms with van der Waals surface area (Å²) in [5.74, 6) is 1.25. The van der Waals surface area contributed by atoms with Crippen molar-refractivity contribution in [3.63, 3.8) is 0 Å². The first-order valence-electron chi connectivity index (χ1n) is 6.03. The third kappa shape index (κ3) is 3.22. The molecule has 4 nitrogen and oxygen atoms in total. The van der Waals surface area contributed by atoms with Gasteiger partial charge in [0.25, 0.3) is 0 Å². The zero-order valence-corrected chi connectivity index (χ0v) is 12.0. The predicted octanol–water partition coefficient (Wildman–Crippen LogP) is 3.84. The molecule has 0 aliphatic carbocycles. The Hall–Kier alpha value is -2.20. The van der Waals surface area contributed by atoms with E-state index in [4.69, 9.17) is 27.3 Å². The van der Waals surface area contributed by atoms with Crippen LogP contribution in [-0.2, 0) is 0 Å². The van der Waals surface area contributed by atoms with E-state index in [-0.39, 0.29) is 5.84 Å². The molecule has 0 bridgehead atoms. The van der Waals surface area contributed by atoms with Gasteiger partial charge in [-0.05, 0) is 55.3 Å². The molecule has 0 spiro atoms. The molecule has 3 N–H and O–H groups in total. The first kappa shape index (κ1) is 14.2. The summed E-state index contributed by atoms with van der Waals surface area (Å²) in [6, 6.07) is 10.9. The zero-order chi connectivity index (χ0) is 14.7. The second kappa shape index (κ2) is 5.84. The number of nitrogens with two attached hydrogens (primary N) is 1. The highest BCUT2D eigenvalue weighted by atomic mass is 35.5. The molecule has 2 rings (SSSR count). The second-order valence-electron chi connectivity index (χ2n) is 4.56. The van der Waals surface area contributed by atoms with Crippen molar-refractivity contribution in [3.05, 3.63) is 58.1 Å². The van der Waals surface area contributed by atoms with Crippen molar-refractivity contribution in [3.8, 4) is 11.5 Å². The minimum atomic E-state index is 0.00449. The molecule has 104 valence electrons. The highest BCUT2D eigenvalue weighted by Gasteiger charge is 2.07. The number of amidine groups is 1. The van der Waals surface area contributed by atoms with Crippen LogP contribution in [0.1, 0.15) is 16.7 Å². The maximum atomic E-state index is 8.63. The van der Waals surface area contributed by atoms with Gasteiger partial charge >= 0.3 is 0 Å². The molecule has 0 saturated heterocycles. The number of ether oxygens (including phenoxy) is 1. The lowest BCUT2D eigenvalue weighted by atomic mass is 10.1. The Bertz CT molecular complexity index is 649. The van der Waals surface area contributed by atoms with Crippen LogP contribution in [0.15, 0.2) is 41.6 Å². The van der Waals surface area contributed by atoms with Gasteiger partial charge in [0.2, 0.25) is 0 Å². The van der Waals surface area contributed by atoms with Gasteiger partial charge in [-0.3, -0.25) is 0 Å². The predicted molar refractivity (Wildman–Crippen MR) is 80.0 cm³/mol. The molecule has 0 saturated carbocycles. The Labute approximate surface area is 122 Å². The molecule has 5 heteroatoms. The summed E-state index contributed by atoms with van der Waals surface area (Å²) in [5.41, 5.74) is 8.27. The Morgan fingerprint density at radius 2 is 1.80 bits per heavy atom. The highest BCUT2D eigenvalue weighted by Crippen LogP contribution is 2.31. The van der Waals surface area contributed by atoms with E-state index in [0.717, 1.165) is 16.9 Å². The second-order valence-corrected chi connectivity index (χ2v) is 4.96. The lowest BCUT2D eigenvalue weighted by molar-refractivity contribution is 0.318. The number of rotatable bonds is 3. The van der Waals surface area contributed by atoms with E-state index in [9.17, 15) is 0 Å². The Morgan fingerprint density at radius 1 is 1.15 bits per heavy atom. The maximum absolute atomic E-state index is 8.63. The summed E-state index contributed by atoms with van der Waals surface area (Å²) in [6.07, 6.45) is 0. The number of hydrogen-bond acceptors (Lipinski definition) is 3. The van der Waals surface area contributed by atoms with Gasteiger partial charge in [-0.1, -0.05) is 22.8 Å². The van der Waals surface area contributed by atoms with Crippen LogP contribution in [0, 0.1) is 13.8 Å². The normalized spacial score (nSPS) is 11.4.